The molecule has 0 aliphatic carbocycles. The molecule has 0 radical (unpaired) electrons. The second-order valence-corrected chi connectivity index (χ2v) is 4.34. The number of rotatable bonds is 5. The summed E-state index contributed by atoms with van der Waals surface area (Å²) in [5.74, 6) is 7.56. The van der Waals surface area contributed by atoms with Gasteiger partial charge < -0.3 is 10.2 Å². The highest BCUT2D eigenvalue weighted by atomic mass is 16.5. The molecule has 3 N–H and O–H groups in total. The Labute approximate surface area is 112 Å². The molecule has 19 heavy (non-hydrogen) atoms. The van der Waals surface area contributed by atoms with Crippen LogP contribution in [0.5, 0.6) is 11.6 Å². The number of benzene rings is 1. The van der Waals surface area contributed by atoms with Crippen LogP contribution in [0.3, 0.4) is 0 Å². The van der Waals surface area contributed by atoms with E-state index >= 15 is 0 Å². The third-order valence-corrected chi connectivity index (χ3v) is 3.07. The molecular formula is C14H18N4O. The Morgan fingerprint density at radius 2 is 2.11 bits per heavy atom. The van der Waals surface area contributed by atoms with Crippen molar-refractivity contribution in [1.82, 2.24) is 9.97 Å². The number of hydrazine groups is 1. The molecule has 0 aliphatic rings. The van der Waals surface area contributed by atoms with Crippen LogP contribution in [-0.2, 0) is 0 Å². The van der Waals surface area contributed by atoms with Crippen molar-refractivity contribution in [3.63, 3.8) is 0 Å². The zero-order valence-electron chi connectivity index (χ0n) is 11.1. The van der Waals surface area contributed by atoms with Gasteiger partial charge in [-0.25, -0.2) is 15.8 Å². The zero-order valence-corrected chi connectivity index (χ0v) is 11.1. The fraction of sp³-hybridized carbons (Fsp3) is 0.286. The predicted octanol–water partition coefficient (Wildman–Crippen LogP) is 3.07. The molecule has 0 bridgehead atoms. The molecule has 1 heterocycles. The molecule has 0 spiro atoms. The van der Waals surface area contributed by atoms with E-state index in [2.05, 4.69) is 35.3 Å². The molecule has 0 amide bonds. The van der Waals surface area contributed by atoms with E-state index in [4.69, 9.17) is 10.6 Å². The van der Waals surface area contributed by atoms with Gasteiger partial charge in [0, 0.05) is 6.07 Å². The van der Waals surface area contributed by atoms with Crippen LogP contribution in [0.15, 0.2) is 36.7 Å². The highest BCUT2D eigenvalue weighted by Gasteiger charge is 2.11. The van der Waals surface area contributed by atoms with E-state index in [9.17, 15) is 0 Å². The number of nitrogens with zero attached hydrogens (tertiary/aromatic N) is 2. The molecule has 0 aliphatic heterocycles. The number of para-hydroxylation sites is 1. The lowest BCUT2D eigenvalue weighted by molar-refractivity contribution is 0.451. The van der Waals surface area contributed by atoms with Crippen molar-refractivity contribution >= 4 is 5.82 Å². The lowest BCUT2D eigenvalue weighted by atomic mass is 9.98. The second-order valence-electron chi connectivity index (χ2n) is 4.34. The van der Waals surface area contributed by atoms with Gasteiger partial charge in [0.25, 0.3) is 0 Å². The highest BCUT2D eigenvalue weighted by molar-refractivity contribution is 5.41. The van der Waals surface area contributed by atoms with Crippen LogP contribution >= 0.6 is 0 Å². The number of hydrogen-bond donors (Lipinski definition) is 2. The summed E-state index contributed by atoms with van der Waals surface area (Å²) in [5.41, 5.74) is 3.64. The van der Waals surface area contributed by atoms with Gasteiger partial charge >= 0.3 is 0 Å². The van der Waals surface area contributed by atoms with E-state index < -0.39 is 0 Å². The standard InChI is InChI=1S/C14H18N4O/c1-3-10(2)11-6-4-5-7-12(11)19-14-8-13(18-15)16-9-17-14/h4-10H,3,15H2,1-2H3,(H,16,17,18). The summed E-state index contributed by atoms with van der Waals surface area (Å²) in [6.07, 6.45) is 2.47. The Morgan fingerprint density at radius 3 is 2.84 bits per heavy atom. The smallest absolute Gasteiger partial charge is 0.224 e. The Hall–Kier alpha value is -2.14. The van der Waals surface area contributed by atoms with Crippen LogP contribution in [0, 0.1) is 0 Å². The maximum atomic E-state index is 5.83. The summed E-state index contributed by atoms with van der Waals surface area (Å²) in [4.78, 5) is 8.03. The van der Waals surface area contributed by atoms with E-state index in [-0.39, 0.29) is 0 Å². The number of nitrogen functional groups attached to an aromatic ring is 1. The maximum absolute atomic E-state index is 5.83. The molecule has 0 saturated carbocycles. The summed E-state index contributed by atoms with van der Waals surface area (Å²) in [7, 11) is 0. The van der Waals surface area contributed by atoms with Gasteiger partial charge in [-0.1, -0.05) is 32.0 Å². The molecular weight excluding hydrogens is 240 g/mol. The average Bonchev–Trinajstić information content (AvgIpc) is 2.47. The normalized spacial score (nSPS) is 11.9. The van der Waals surface area contributed by atoms with Crippen LogP contribution < -0.4 is 16.0 Å². The minimum Gasteiger partial charge on any atom is -0.439 e. The van der Waals surface area contributed by atoms with Gasteiger partial charge in [0.2, 0.25) is 5.88 Å². The molecule has 0 saturated heterocycles. The molecule has 1 aromatic carbocycles. The van der Waals surface area contributed by atoms with Gasteiger partial charge in [0.1, 0.15) is 17.9 Å². The number of nitrogens with two attached hydrogens (primary N) is 1. The molecule has 2 aromatic rings. The molecule has 1 unspecified atom stereocenters. The van der Waals surface area contributed by atoms with Gasteiger partial charge in [-0.15, -0.1) is 0 Å². The summed E-state index contributed by atoms with van der Waals surface area (Å²) < 4.78 is 5.83. The van der Waals surface area contributed by atoms with E-state index in [1.54, 1.807) is 6.07 Å². The topological polar surface area (TPSA) is 73.1 Å². The van der Waals surface area contributed by atoms with Crippen LogP contribution in [-0.4, -0.2) is 9.97 Å². The van der Waals surface area contributed by atoms with Crippen molar-refractivity contribution in [2.75, 3.05) is 5.43 Å². The molecule has 0 fully saturated rings. The molecule has 5 heteroatoms. The van der Waals surface area contributed by atoms with E-state index in [1.165, 1.54) is 11.9 Å². The van der Waals surface area contributed by atoms with E-state index in [0.29, 0.717) is 17.6 Å². The van der Waals surface area contributed by atoms with E-state index in [1.807, 2.05) is 18.2 Å². The minimum atomic E-state index is 0.435. The lowest BCUT2D eigenvalue weighted by Gasteiger charge is -2.14. The SMILES string of the molecule is CCC(C)c1ccccc1Oc1cc(NN)ncn1. The summed E-state index contributed by atoms with van der Waals surface area (Å²) in [5, 5.41) is 0. The van der Waals surface area contributed by atoms with Crippen molar-refractivity contribution in [2.45, 2.75) is 26.2 Å². The number of aromatic nitrogens is 2. The fourth-order valence-electron chi connectivity index (χ4n) is 1.79. The van der Waals surface area contributed by atoms with Crippen molar-refractivity contribution in [3.05, 3.63) is 42.2 Å². The first-order valence-electron chi connectivity index (χ1n) is 6.30. The fourth-order valence-corrected chi connectivity index (χ4v) is 1.79. The van der Waals surface area contributed by atoms with Crippen LogP contribution in [0.25, 0.3) is 0 Å². The van der Waals surface area contributed by atoms with Gasteiger partial charge in [-0.3, -0.25) is 0 Å². The Kier molecular flexibility index (Phi) is 4.30. The van der Waals surface area contributed by atoms with Crippen molar-refractivity contribution < 1.29 is 4.74 Å². The molecule has 1 aromatic heterocycles. The Morgan fingerprint density at radius 1 is 1.32 bits per heavy atom. The predicted molar refractivity (Wildman–Crippen MR) is 75.1 cm³/mol. The quantitative estimate of drug-likeness (QED) is 0.637. The largest absolute Gasteiger partial charge is 0.439 e. The van der Waals surface area contributed by atoms with Crippen LogP contribution in [0.2, 0.25) is 0 Å². The number of hydrogen-bond acceptors (Lipinski definition) is 5. The number of ether oxygens (including phenoxy) is 1. The average molecular weight is 258 g/mol. The van der Waals surface area contributed by atoms with E-state index in [0.717, 1.165) is 12.2 Å². The second kappa shape index (κ2) is 6.15. The maximum Gasteiger partial charge on any atom is 0.224 e. The van der Waals surface area contributed by atoms with Crippen LogP contribution in [0.4, 0.5) is 5.82 Å². The highest BCUT2D eigenvalue weighted by Crippen LogP contribution is 2.31. The Balaban J connectivity index is 2.27. The Bertz CT molecular complexity index is 544. The number of anilines is 1. The lowest BCUT2D eigenvalue weighted by Crippen LogP contribution is -2.08. The monoisotopic (exact) mass is 258 g/mol. The van der Waals surface area contributed by atoms with Crippen LogP contribution in [0.1, 0.15) is 31.7 Å². The van der Waals surface area contributed by atoms with Gasteiger partial charge in [0.15, 0.2) is 0 Å². The molecule has 100 valence electrons. The van der Waals surface area contributed by atoms with Crippen molar-refractivity contribution in [2.24, 2.45) is 5.84 Å². The summed E-state index contributed by atoms with van der Waals surface area (Å²) in [6, 6.07) is 9.64. The molecule has 1 atom stereocenters. The zero-order chi connectivity index (χ0) is 13.7. The van der Waals surface area contributed by atoms with Gasteiger partial charge in [-0.05, 0) is 24.0 Å². The minimum absolute atomic E-state index is 0.435. The first kappa shape index (κ1) is 13.3. The number of nitrogens with one attached hydrogen (secondary N) is 1. The van der Waals surface area contributed by atoms with Gasteiger partial charge in [-0.2, -0.15) is 0 Å². The first-order chi connectivity index (χ1) is 9.24. The summed E-state index contributed by atoms with van der Waals surface area (Å²) >= 11 is 0. The molecule has 5 nitrogen and oxygen atoms in total. The third kappa shape index (κ3) is 3.20. The molecule has 2 rings (SSSR count). The van der Waals surface area contributed by atoms with Crippen molar-refractivity contribution in [1.29, 1.82) is 0 Å². The first-order valence-corrected chi connectivity index (χ1v) is 6.30. The third-order valence-electron chi connectivity index (χ3n) is 3.07. The van der Waals surface area contributed by atoms with Gasteiger partial charge in [0.05, 0.1) is 0 Å². The van der Waals surface area contributed by atoms with Crippen molar-refractivity contribution in [3.8, 4) is 11.6 Å². The summed E-state index contributed by atoms with van der Waals surface area (Å²) in [6.45, 7) is 4.33.